The maximum atomic E-state index is 13.2. The molecule has 0 aliphatic heterocycles. The van der Waals surface area contributed by atoms with Crippen molar-refractivity contribution in [3.63, 3.8) is 0 Å². The third-order valence-electron chi connectivity index (χ3n) is 4.25. The molecule has 4 rings (SSSR count). The smallest absolute Gasteiger partial charge is 0.164 e. The summed E-state index contributed by atoms with van der Waals surface area (Å²) in [5.41, 5.74) is 3.18. The summed E-state index contributed by atoms with van der Waals surface area (Å²) in [5.74, 6) is 1.03. The second-order valence-corrected chi connectivity index (χ2v) is 6.47. The Kier molecular flexibility index (Phi) is 4.29. The molecule has 1 atom stereocenters. The number of aryl methyl sites for hydroxylation is 2. The zero-order valence-corrected chi connectivity index (χ0v) is 14.9. The predicted molar refractivity (Wildman–Crippen MR) is 101 cm³/mol. The topological polar surface area (TPSA) is 86.7 Å². The van der Waals surface area contributed by atoms with Crippen molar-refractivity contribution in [1.82, 2.24) is 20.2 Å². The Morgan fingerprint density at radius 2 is 1.81 bits per heavy atom. The summed E-state index contributed by atoms with van der Waals surface area (Å²) in [4.78, 5) is 9.03. The number of nitrogens with one attached hydrogen (secondary N) is 2. The number of benzene rings is 2. The first kappa shape index (κ1) is 17.1. The van der Waals surface area contributed by atoms with Crippen LogP contribution in [-0.2, 0) is 0 Å². The number of aromatic nitrogens is 4. The van der Waals surface area contributed by atoms with Crippen LogP contribution in [0.1, 0.15) is 28.7 Å². The van der Waals surface area contributed by atoms with Crippen LogP contribution in [0.25, 0.3) is 10.9 Å². The van der Waals surface area contributed by atoms with E-state index >= 15 is 0 Å². The van der Waals surface area contributed by atoms with E-state index in [1.165, 1.54) is 24.3 Å². The number of aliphatic hydroxyl groups excluding tert-OH is 1. The van der Waals surface area contributed by atoms with Crippen molar-refractivity contribution in [2.24, 2.45) is 0 Å². The summed E-state index contributed by atoms with van der Waals surface area (Å²) in [5, 5.41) is 21.8. The molecule has 4 aromatic rings. The molecule has 0 saturated heterocycles. The van der Waals surface area contributed by atoms with E-state index in [1.54, 1.807) is 0 Å². The van der Waals surface area contributed by atoms with Gasteiger partial charge >= 0.3 is 0 Å². The molecular weight excluding hydrogens is 345 g/mol. The van der Waals surface area contributed by atoms with Gasteiger partial charge in [0.25, 0.3) is 0 Å². The van der Waals surface area contributed by atoms with E-state index in [0.717, 1.165) is 16.6 Å². The van der Waals surface area contributed by atoms with Gasteiger partial charge in [-0.1, -0.05) is 18.2 Å². The van der Waals surface area contributed by atoms with Crippen LogP contribution in [0, 0.1) is 19.7 Å². The predicted octanol–water partition coefficient (Wildman–Crippen LogP) is 3.93. The molecule has 2 aromatic heterocycles. The number of aromatic amines is 1. The van der Waals surface area contributed by atoms with Crippen LogP contribution in [0.3, 0.4) is 0 Å². The van der Waals surface area contributed by atoms with Crippen molar-refractivity contribution in [3.05, 3.63) is 77.0 Å². The summed E-state index contributed by atoms with van der Waals surface area (Å²) >= 11 is 0. The van der Waals surface area contributed by atoms with E-state index in [-0.39, 0.29) is 11.6 Å². The second-order valence-electron chi connectivity index (χ2n) is 6.47. The average Bonchev–Trinajstić information content (AvgIpc) is 3.06. The Labute approximate surface area is 155 Å². The fraction of sp³-hybridized carbons (Fsp3) is 0.150. The monoisotopic (exact) mass is 363 g/mol. The van der Waals surface area contributed by atoms with Crippen molar-refractivity contribution in [1.29, 1.82) is 0 Å². The molecule has 27 heavy (non-hydrogen) atoms. The summed E-state index contributed by atoms with van der Waals surface area (Å²) < 4.78 is 13.2. The fourth-order valence-corrected chi connectivity index (χ4v) is 2.87. The first-order chi connectivity index (χ1) is 13.0. The third-order valence-corrected chi connectivity index (χ3v) is 4.25. The van der Waals surface area contributed by atoms with Gasteiger partial charge in [-0.25, -0.2) is 14.4 Å². The van der Waals surface area contributed by atoms with Crippen molar-refractivity contribution < 1.29 is 9.50 Å². The average molecular weight is 363 g/mol. The highest BCUT2D eigenvalue weighted by Gasteiger charge is 2.17. The molecular formula is C20H18FN5O. The Balaban J connectivity index is 1.81. The molecule has 0 bridgehead atoms. The Hall–Kier alpha value is -3.32. The standard InChI is InChI=1S/C20H18FN5O/c1-11-3-8-15-16(9-11)22-20(18(27)13-4-6-14(21)7-5-13)24-19(15)23-17-10-12(2)25-26-17/h3-10,18,27H,1-2H3,(H2,22,23,24,25,26)/t18-/m1/s1. The van der Waals surface area contributed by atoms with Crippen LogP contribution in [0.5, 0.6) is 0 Å². The van der Waals surface area contributed by atoms with Crippen molar-refractivity contribution >= 4 is 22.5 Å². The second kappa shape index (κ2) is 6.77. The van der Waals surface area contributed by atoms with Gasteiger partial charge in [-0.3, -0.25) is 5.10 Å². The van der Waals surface area contributed by atoms with Crippen LogP contribution >= 0.6 is 0 Å². The number of fused-ring (bicyclic) bond motifs is 1. The molecule has 0 spiro atoms. The number of H-pyrrole nitrogens is 1. The number of anilines is 2. The summed E-state index contributed by atoms with van der Waals surface area (Å²) in [6, 6.07) is 13.3. The minimum Gasteiger partial charge on any atom is -0.380 e. The maximum Gasteiger partial charge on any atom is 0.164 e. The summed E-state index contributed by atoms with van der Waals surface area (Å²) in [7, 11) is 0. The Morgan fingerprint density at radius 1 is 1.04 bits per heavy atom. The van der Waals surface area contributed by atoms with Gasteiger partial charge in [-0.05, 0) is 49.2 Å². The van der Waals surface area contributed by atoms with Crippen LogP contribution in [0.4, 0.5) is 16.0 Å². The molecule has 6 nitrogen and oxygen atoms in total. The fourth-order valence-electron chi connectivity index (χ4n) is 2.87. The van der Waals surface area contributed by atoms with E-state index in [4.69, 9.17) is 0 Å². The number of halogens is 1. The van der Waals surface area contributed by atoms with Gasteiger partial charge in [0.2, 0.25) is 0 Å². The van der Waals surface area contributed by atoms with Gasteiger partial charge in [0.05, 0.1) is 5.52 Å². The number of hydrogen-bond donors (Lipinski definition) is 3. The van der Waals surface area contributed by atoms with E-state index in [2.05, 4.69) is 25.5 Å². The lowest BCUT2D eigenvalue weighted by molar-refractivity contribution is 0.210. The number of hydrogen-bond acceptors (Lipinski definition) is 5. The van der Waals surface area contributed by atoms with Crippen LogP contribution in [0.15, 0.2) is 48.5 Å². The summed E-state index contributed by atoms with van der Waals surface area (Å²) in [6.45, 7) is 3.88. The molecule has 2 heterocycles. The lowest BCUT2D eigenvalue weighted by Gasteiger charge is -2.14. The van der Waals surface area contributed by atoms with Crippen molar-refractivity contribution in [3.8, 4) is 0 Å². The molecule has 7 heteroatoms. The third kappa shape index (κ3) is 3.50. The highest BCUT2D eigenvalue weighted by molar-refractivity contribution is 5.91. The lowest BCUT2D eigenvalue weighted by atomic mass is 10.1. The van der Waals surface area contributed by atoms with E-state index < -0.39 is 6.10 Å². The summed E-state index contributed by atoms with van der Waals surface area (Å²) in [6.07, 6.45) is -1.07. The molecule has 2 aromatic carbocycles. The number of aliphatic hydroxyl groups is 1. The minimum absolute atomic E-state index is 0.231. The molecule has 0 unspecified atom stereocenters. The molecule has 0 saturated carbocycles. The normalized spacial score (nSPS) is 12.3. The Bertz CT molecular complexity index is 1110. The quantitative estimate of drug-likeness (QED) is 0.511. The SMILES string of the molecule is Cc1ccc2c(Nc3cc(C)[nH]n3)nc([C@H](O)c3ccc(F)cc3)nc2c1. The number of rotatable bonds is 4. The van der Waals surface area contributed by atoms with Crippen LogP contribution in [0.2, 0.25) is 0 Å². The zero-order chi connectivity index (χ0) is 19.0. The molecule has 0 fully saturated rings. The lowest BCUT2D eigenvalue weighted by Crippen LogP contribution is -2.08. The molecule has 0 radical (unpaired) electrons. The number of nitrogens with zero attached hydrogens (tertiary/aromatic N) is 3. The zero-order valence-electron chi connectivity index (χ0n) is 14.9. The highest BCUT2D eigenvalue weighted by Crippen LogP contribution is 2.28. The van der Waals surface area contributed by atoms with E-state index in [0.29, 0.717) is 22.7 Å². The first-order valence-electron chi connectivity index (χ1n) is 8.50. The Morgan fingerprint density at radius 3 is 2.52 bits per heavy atom. The van der Waals surface area contributed by atoms with Gasteiger partial charge in [0, 0.05) is 17.1 Å². The minimum atomic E-state index is -1.07. The van der Waals surface area contributed by atoms with Gasteiger partial charge < -0.3 is 10.4 Å². The van der Waals surface area contributed by atoms with Gasteiger partial charge in [0.1, 0.15) is 17.7 Å². The molecule has 136 valence electrons. The van der Waals surface area contributed by atoms with Gasteiger partial charge in [-0.2, -0.15) is 5.10 Å². The first-order valence-corrected chi connectivity index (χ1v) is 8.50. The van der Waals surface area contributed by atoms with E-state index in [1.807, 2.05) is 38.1 Å². The molecule has 0 aliphatic carbocycles. The van der Waals surface area contributed by atoms with Gasteiger partial charge in [-0.15, -0.1) is 0 Å². The molecule has 3 N–H and O–H groups in total. The van der Waals surface area contributed by atoms with Crippen LogP contribution < -0.4 is 5.32 Å². The van der Waals surface area contributed by atoms with Crippen molar-refractivity contribution in [2.75, 3.05) is 5.32 Å². The van der Waals surface area contributed by atoms with Crippen LogP contribution in [-0.4, -0.2) is 25.3 Å². The largest absolute Gasteiger partial charge is 0.380 e. The van der Waals surface area contributed by atoms with Gasteiger partial charge in [0.15, 0.2) is 11.6 Å². The van der Waals surface area contributed by atoms with Crippen molar-refractivity contribution in [2.45, 2.75) is 20.0 Å². The van der Waals surface area contributed by atoms with E-state index in [9.17, 15) is 9.50 Å². The highest BCUT2D eigenvalue weighted by atomic mass is 19.1. The maximum absolute atomic E-state index is 13.2. The molecule has 0 aliphatic rings. The molecule has 0 amide bonds.